The van der Waals surface area contributed by atoms with E-state index in [9.17, 15) is 4.79 Å². The molecule has 0 unspecified atom stereocenters. The van der Waals surface area contributed by atoms with Gasteiger partial charge in [0.05, 0.1) is 0 Å². The summed E-state index contributed by atoms with van der Waals surface area (Å²) >= 11 is 0. The first-order valence-corrected chi connectivity index (χ1v) is 5.07. The topological polar surface area (TPSA) is 52.3 Å². The van der Waals surface area contributed by atoms with Crippen molar-refractivity contribution in [3.63, 3.8) is 0 Å². The summed E-state index contributed by atoms with van der Waals surface area (Å²) in [5.74, 6) is -0.285. The number of carbonyl (C=O) groups is 1. The molecule has 13 heavy (non-hydrogen) atoms. The first-order chi connectivity index (χ1) is 6.11. The number of ether oxygens (including phenoxy) is 1. The first kappa shape index (κ1) is 12.4. The lowest BCUT2D eigenvalue weighted by Gasteiger charge is -2.17. The maximum atomic E-state index is 11.2. The van der Waals surface area contributed by atoms with Crippen molar-refractivity contribution in [2.75, 3.05) is 0 Å². The number of hydrogen-bond acceptors (Lipinski definition) is 3. The van der Waals surface area contributed by atoms with Crippen molar-refractivity contribution in [3.05, 3.63) is 0 Å². The summed E-state index contributed by atoms with van der Waals surface area (Å²) in [6.07, 6.45) is 4.01. The van der Waals surface area contributed by atoms with E-state index in [1.165, 1.54) is 0 Å². The SMILES string of the molecule is CCCC(CCC)OC(=O)[C@H](C)N. The molecule has 0 heterocycles. The molecule has 0 aromatic carbocycles. The average Bonchev–Trinajstić information content (AvgIpc) is 2.05. The molecule has 3 nitrogen and oxygen atoms in total. The van der Waals surface area contributed by atoms with Gasteiger partial charge in [0, 0.05) is 0 Å². The Labute approximate surface area is 80.6 Å². The Balaban J connectivity index is 3.86. The maximum Gasteiger partial charge on any atom is 0.322 e. The van der Waals surface area contributed by atoms with Crippen LogP contribution in [0.25, 0.3) is 0 Å². The Morgan fingerprint density at radius 1 is 1.31 bits per heavy atom. The predicted molar refractivity (Wildman–Crippen MR) is 53.3 cm³/mol. The van der Waals surface area contributed by atoms with Crippen LogP contribution < -0.4 is 5.73 Å². The Morgan fingerprint density at radius 2 is 1.77 bits per heavy atom. The van der Waals surface area contributed by atoms with Crippen LogP contribution in [0.1, 0.15) is 46.5 Å². The molecule has 0 spiro atoms. The Bertz CT molecular complexity index is 140. The van der Waals surface area contributed by atoms with Crippen LogP contribution in [0.4, 0.5) is 0 Å². The normalized spacial score (nSPS) is 13.0. The molecule has 2 N–H and O–H groups in total. The van der Waals surface area contributed by atoms with Crippen molar-refractivity contribution in [1.29, 1.82) is 0 Å². The van der Waals surface area contributed by atoms with Gasteiger partial charge in [-0.3, -0.25) is 4.79 Å². The standard InChI is InChI=1S/C10H21NO2/c1-4-6-9(7-5-2)13-10(12)8(3)11/h8-9H,4-7,11H2,1-3H3/t8-/m0/s1. The number of nitrogens with two attached hydrogens (primary N) is 1. The van der Waals surface area contributed by atoms with E-state index in [0.29, 0.717) is 0 Å². The van der Waals surface area contributed by atoms with E-state index in [1.54, 1.807) is 6.92 Å². The zero-order chi connectivity index (χ0) is 10.3. The minimum Gasteiger partial charge on any atom is -0.461 e. The molecule has 3 heteroatoms. The molecule has 0 radical (unpaired) electrons. The third-order valence-electron chi connectivity index (χ3n) is 1.88. The Morgan fingerprint density at radius 3 is 2.08 bits per heavy atom. The van der Waals surface area contributed by atoms with Crippen LogP contribution in [0.15, 0.2) is 0 Å². The summed E-state index contributed by atoms with van der Waals surface area (Å²) in [4.78, 5) is 11.2. The molecule has 0 fully saturated rings. The first-order valence-electron chi connectivity index (χ1n) is 5.07. The maximum absolute atomic E-state index is 11.2. The highest BCUT2D eigenvalue weighted by molar-refractivity contribution is 5.75. The number of hydrogen-bond donors (Lipinski definition) is 1. The minimum absolute atomic E-state index is 0.0634. The van der Waals surface area contributed by atoms with Gasteiger partial charge in [-0.2, -0.15) is 0 Å². The van der Waals surface area contributed by atoms with Crippen molar-refractivity contribution in [3.8, 4) is 0 Å². The van der Waals surface area contributed by atoms with Gasteiger partial charge >= 0.3 is 5.97 Å². The van der Waals surface area contributed by atoms with Crippen molar-refractivity contribution < 1.29 is 9.53 Å². The fourth-order valence-electron chi connectivity index (χ4n) is 1.18. The van der Waals surface area contributed by atoms with Gasteiger partial charge in [0.15, 0.2) is 0 Å². The lowest BCUT2D eigenvalue weighted by atomic mass is 10.1. The monoisotopic (exact) mass is 187 g/mol. The summed E-state index contributed by atoms with van der Waals surface area (Å²) in [5.41, 5.74) is 5.40. The van der Waals surface area contributed by atoms with Gasteiger partial charge < -0.3 is 10.5 Å². The van der Waals surface area contributed by atoms with Crippen LogP contribution >= 0.6 is 0 Å². The minimum atomic E-state index is -0.504. The van der Waals surface area contributed by atoms with Crippen molar-refractivity contribution in [1.82, 2.24) is 0 Å². The molecule has 0 aliphatic heterocycles. The molecule has 1 atom stereocenters. The van der Waals surface area contributed by atoms with Crippen LogP contribution in [-0.4, -0.2) is 18.1 Å². The molecule has 0 bridgehead atoms. The number of carbonyl (C=O) groups excluding carboxylic acids is 1. The van der Waals surface area contributed by atoms with Crippen LogP contribution in [0.5, 0.6) is 0 Å². The van der Waals surface area contributed by atoms with Crippen LogP contribution in [-0.2, 0) is 9.53 Å². The molecule has 0 aromatic heterocycles. The zero-order valence-electron chi connectivity index (χ0n) is 8.88. The highest BCUT2D eigenvalue weighted by Crippen LogP contribution is 2.09. The fraction of sp³-hybridized carbons (Fsp3) is 0.900. The van der Waals surface area contributed by atoms with Crippen LogP contribution in [0.2, 0.25) is 0 Å². The second kappa shape index (κ2) is 6.89. The third kappa shape index (κ3) is 5.64. The Kier molecular flexibility index (Phi) is 6.59. The molecule has 0 amide bonds. The zero-order valence-corrected chi connectivity index (χ0v) is 8.88. The van der Waals surface area contributed by atoms with Crippen LogP contribution in [0, 0.1) is 0 Å². The molecule has 0 aliphatic carbocycles. The lowest BCUT2D eigenvalue weighted by molar-refractivity contribution is -0.150. The van der Waals surface area contributed by atoms with Gasteiger partial charge in [-0.05, 0) is 19.8 Å². The van der Waals surface area contributed by atoms with E-state index in [1.807, 2.05) is 0 Å². The molecule has 0 aromatic rings. The van der Waals surface area contributed by atoms with Gasteiger partial charge in [-0.1, -0.05) is 26.7 Å². The van der Waals surface area contributed by atoms with E-state index in [4.69, 9.17) is 10.5 Å². The van der Waals surface area contributed by atoms with Crippen LogP contribution in [0.3, 0.4) is 0 Å². The highest BCUT2D eigenvalue weighted by Gasteiger charge is 2.15. The summed E-state index contributed by atoms with van der Waals surface area (Å²) in [7, 11) is 0. The summed E-state index contributed by atoms with van der Waals surface area (Å²) < 4.78 is 5.23. The van der Waals surface area contributed by atoms with E-state index in [0.717, 1.165) is 25.7 Å². The smallest absolute Gasteiger partial charge is 0.322 e. The van der Waals surface area contributed by atoms with Crippen molar-refractivity contribution in [2.24, 2.45) is 5.73 Å². The number of esters is 1. The summed E-state index contributed by atoms with van der Waals surface area (Å²) in [6.45, 7) is 5.82. The molecule has 0 saturated carbocycles. The molecule has 78 valence electrons. The van der Waals surface area contributed by atoms with E-state index in [2.05, 4.69) is 13.8 Å². The largest absolute Gasteiger partial charge is 0.461 e. The summed E-state index contributed by atoms with van der Waals surface area (Å²) in [5, 5.41) is 0. The third-order valence-corrected chi connectivity index (χ3v) is 1.88. The van der Waals surface area contributed by atoms with E-state index in [-0.39, 0.29) is 12.1 Å². The van der Waals surface area contributed by atoms with Gasteiger partial charge in [-0.15, -0.1) is 0 Å². The molecule has 0 rings (SSSR count). The molecular weight excluding hydrogens is 166 g/mol. The molecule has 0 aliphatic rings. The summed E-state index contributed by atoms with van der Waals surface area (Å²) in [6, 6.07) is -0.504. The average molecular weight is 187 g/mol. The van der Waals surface area contributed by atoms with Gasteiger partial charge in [-0.25, -0.2) is 0 Å². The quantitative estimate of drug-likeness (QED) is 0.645. The van der Waals surface area contributed by atoms with Crippen molar-refractivity contribution >= 4 is 5.97 Å². The predicted octanol–water partition coefficient (Wildman–Crippen LogP) is 1.85. The second-order valence-corrected chi connectivity index (χ2v) is 3.42. The Hall–Kier alpha value is -0.570. The number of rotatable bonds is 6. The molecule has 0 saturated heterocycles. The van der Waals surface area contributed by atoms with Gasteiger partial charge in [0.2, 0.25) is 0 Å². The van der Waals surface area contributed by atoms with Gasteiger partial charge in [0.25, 0.3) is 0 Å². The van der Waals surface area contributed by atoms with E-state index >= 15 is 0 Å². The fourth-order valence-corrected chi connectivity index (χ4v) is 1.18. The second-order valence-electron chi connectivity index (χ2n) is 3.42. The highest BCUT2D eigenvalue weighted by atomic mass is 16.5. The molecular formula is C10H21NO2. The lowest BCUT2D eigenvalue weighted by Crippen LogP contribution is -2.32. The van der Waals surface area contributed by atoms with E-state index < -0.39 is 6.04 Å². The van der Waals surface area contributed by atoms with Crippen molar-refractivity contribution in [2.45, 2.75) is 58.6 Å². The van der Waals surface area contributed by atoms with Gasteiger partial charge in [0.1, 0.15) is 12.1 Å².